The van der Waals surface area contributed by atoms with Gasteiger partial charge in [0.15, 0.2) is 0 Å². The third-order valence-corrected chi connectivity index (χ3v) is 4.20. The highest BCUT2D eigenvalue weighted by Crippen LogP contribution is 2.38. The first-order chi connectivity index (χ1) is 8.77. The van der Waals surface area contributed by atoms with Crippen LogP contribution in [0.1, 0.15) is 57.7 Å². The van der Waals surface area contributed by atoms with E-state index in [0.29, 0.717) is 6.04 Å². The second-order valence-corrected chi connectivity index (χ2v) is 5.58. The van der Waals surface area contributed by atoms with E-state index in [1.807, 2.05) is 4.68 Å². The Hall–Kier alpha value is -0.540. The van der Waals surface area contributed by atoms with Crippen LogP contribution < -0.4 is 5.32 Å². The third kappa shape index (κ3) is 2.89. The van der Waals surface area contributed by atoms with Crippen LogP contribution in [0.25, 0.3) is 0 Å². The lowest BCUT2D eigenvalue weighted by Gasteiger charge is -2.26. The molecule has 1 aromatic heterocycles. The van der Waals surface area contributed by atoms with Gasteiger partial charge in [0.2, 0.25) is 0 Å². The van der Waals surface area contributed by atoms with E-state index < -0.39 is 0 Å². The topological polar surface area (TPSA) is 29.9 Å². The summed E-state index contributed by atoms with van der Waals surface area (Å²) in [6, 6.07) is 0.377. The van der Waals surface area contributed by atoms with Crippen molar-refractivity contribution in [3.8, 4) is 0 Å². The maximum atomic E-state index is 6.35. The Morgan fingerprint density at radius 3 is 2.78 bits per heavy atom. The van der Waals surface area contributed by atoms with Gasteiger partial charge in [-0.15, -0.1) is 0 Å². The Morgan fingerprint density at radius 1 is 1.44 bits per heavy atom. The number of rotatable bonds is 6. The Kier molecular flexibility index (Phi) is 5.07. The minimum atomic E-state index is 0.377. The van der Waals surface area contributed by atoms with Gasteiger partial charge in [-0.1, -0.05) is 31.4 Å². The smallest absolute Gasteiger partial charge is 0.0834 e. The Balaban J connectivity index is 2.23. The molecule has 1 aliphatic carbocycles. The number of nitrogens with zero attached hydrogens (tertiary/aromatic N) is 2. The summed E-state index contributed by atoms with van der Waals surface area (Å²) in [5.74, 6) is 0.719. The molecule has 1 aliphatic rings. The summed E-state index contributed by atoms with van der Waals surface area (Å²) < 4.78 is 2.05. The van der Waals surface area contributed by atoms with Crippen molar-refractivity contribution in [2.45, 2.75) is 58.5 Å². The lowest BCUT2D eigenvalue weighted by atomic mass is 9.95. The Labute approximate surface area is 115 Å². The molecule has 3 nitrogen and oxygen atoms in total. The molecular formula is C14H24ClN3. The first kappa shape index (κ1) is 13.9. The van der Waals surface area contributed by atoms with E-state index in [1.165, 1.54) is 31.4 Å². The second-order valence-electron chi connectivity index (χ2n) is 5.17. The zero-order valence-electron chi connectivity index (χ0n) is 11.5. The van der Waals surface area contributed by atoms with Gasteiger partial charge in [-0.25, -0.2) is 0 Å². The molecule has 0 radical (unpaired) electrons. The van der Waals surface area contributed by atoms with E-state index in [-0.39, 0.29) is 0 Å². The molecule has 1 saturated carbocycles. The number of aryl methyl sites for hydroxylation is 1. The number of nitrogens with one attached hydrogen (secondary N) is 1. The van der Waals surface area contributed by atoms with Gasteiger partial charge in [-0.05, 0) is 38.6 Å². The molecule has 0 amide bonds. The Morgan fingerprint density at radius 2 is 2.17 bits per heavy atom. The molecule has 4 heteroatoms. The summed E-state index contributed by atoms with van der Waals surface area (Å²) in [7, 11) is 0. The molecule has 2 rings (SSSR count). The van der Waals surface area contributed by atoms with Crippen LogP contribution in [0.2, 0.25) is 5.02 Å². The highest BCUT2D eigenvalue weighted by molar-refractivity contribution is 6.31. The fourth-order valence-corrected chi connectivity index (χ4v) is 3.27. The van der Waals surface area contributed by atoms with Crippen LogP contribution in [0.3, 0.4) is 0 Å². The zero-order valence-corrected chi connectivity index (χ0v) is 12.2. The van der Waals surface area contributed by atoms with Gasteiger partial charge in [0.05, 0.1) is 23.0 Å². The van der Waals surface area contributed by atoms with Gasteiger partial charge in [0.25, 0.3) is 0 Å². The summed E-state index contributed by atoms with van der Waals surface area (Å²) in [6.45, 7) is 6.27. The van der Waals surface area contributed by atoms with E-state index in [2.05, 4.69) is 24.3 Å². The molecule has 1 heterocycles. The highest BCUT2D eigenvalue weighted by Gasteiger charge is 2.29. The van der Waals surface area contributed by atoms with E-state index in [1.54, 1.807) is 6.20 Å². The van der Waals surface area contributed by atoms with Crippen LogP contribution in [0.4, 0.5) is 0 Å². The van der Waals surface area contributed by atoms with E-state index in [9.17, 15) is 0 Å². The van der Waals surface area contributed by atoms with E-state index in [4.69, 9.17) is 11.6 Å². The molecule has 1 fully saturated rings. The first-order valence-corrected chi connectivity index (χ1v) is 7.60. The number of aromatic nitrogens is 2. The largest absolute Gasteiger partial charge is 0.308 e. The lowest BCUT2D eigenvalue weighted by molar-refractivity contribution is 0.347. The van der Waals surface area contributed by atoms with Crippen LogP contribution in [0, 0.1) is 5.92 Å². The zero-order chi connectivity index (χ0) is 13.0. The van der Waals surface area contributed by atoms with Crippen molar-refractivity contribution in [3.63, 3.8) is 0 Å². The second kappa shape index (κ2) is 6.58. The molecule has 1 aromatic rings. The number of hydrogen-bond donors (Lipinski definition) is 1. The molecular weight excluding hydrogens is 246 g/mol. The molecule has 18 heavy (non-hydrogen) atoms. The number of halogens is 1. The van der Waals surface area contributed by atoms with Crippen LogP contribution in [0.15, 0.2) is 6.20 Å². The van der Waals surface area contributed by atoms with Gasteiger partial charge >= 0.3 is 0 Å². The van der Waals surface area contributed by atoms with Crippen LogP contribution in [-0.2, 0) is 6.54 Å². The lowest BCUT2D eigenvalue weighted by Crippen LogP contribution is -2.30. The number of hydrogen-bond acceptors (Lipinski definition) is 2. The fraction of sp³-hybridized carbons (Fsp3) is 0.786. The van der Waals surface area contributed by atoms with Gasteiger partial charge in [0.1, 0.15) is 0 Å². The summed E-state index contributed by atoms with van der Waals surface area (Å²) in [4.78, 5) is 0. The maximum Gasteiger partial charge on any atom is 0.0834 e. The fourth-order valence-electron chi connectivity index (χ4n) is 3.01. The first-order valence-electron chi connectivity index (χ1n) is 7.22. The minimum Gasteiger partial charge on any atom is -0.308 e. The molecule has 102 valence electrons. The van der Waals surface area contributed by atoms with Gasteiger partial charge in [-0.2, -0.15) is 5.10 Å². The SMILES string of the molecule is CCCNC(c1c(Cl)cnn1CC)C1CCCC1. The molecule has 1 atom stereocenters. The van der Waals surface area contributed by atoms with Crippen molar-refractivity contribution in [2.24, 2.45) is 5.92 Å². The van der Waals surface area contributed by atoms with Crippen molar-refractivity contribution in [1.82, 2.24) is 15.1 Å². The van der Waals surface area contributed by atoms with Crippen molar-refractivity contribution < 1.29 is 0 Å². The average molecular weight is 270 g/mol. The minimum absolute atomic E-state index is 0.377. The quantitative estimate of drug-likeness (QED) is 0.852. The van der Waals surface area contributed by atoms with Crippen molar-refractivity contribution in [1.29, 1.82) is 0 Å². The Bertz CT molecular complexity index is 369. The molecule has 0 saturated heterocycles. The monoisotopic (exact) mass is 269 g/mol. The molecule has 1 unspecified atom stereocenters. The van der Waals surface area contributed by atoms with Gasteiger partial charge in [0, 0.05) is 6.54 Å². The predicted molar refractivity (Wildman–Crippen MR) is 75.9 cm³/mol. The van der Waals surface area contributed by atoms with Gasteiger partial charge in [-0.3, -0.25) is 4.68 Å². The molecule has 0 bridgehead atoms. The average Bonchev–Trinajstić information content (AvgIpc) is 3.01. The normalized spacial score (nSPS) is 18.4. The third-order valence-electron chi connectivity index (χ3n) is 3.91. The van der Waals surface area contributed by atoms with Crippen LogP contribution >= 0.6 is 11.6 Å². The molecule has 1 N–H and O–H groups in total. The summed E-state index contributed by atoms with van der Waals surface area (Å²) >= 11 is 6.35. The molecule has 0 spiro atoms. The van der Waals surface area contributed by atoms with Crippen LogP contribution in [-0.4, -0.2) is 16.3 Å². The highest BCUT2D eigenvalue weighted by atomic mass is 35.5. The summed E-state index contributed by atoms with van der Waals surface area (Å²) in [6.07, 6.45) is 8.27. The van der Waals surface area contributed by atoms with E-state index in [0.717, 1.165) is 30.5 Å². The summed E-state index contributed by atoms with van der Waals surface area (Å²) in [5.41, 5.74) is 1.19. The van der Waals surface area contributed by atoms with Crippen molar-refractivity contribution in [2.75, 3.05) is 6.54 Å². The molecule has 0 aliphatic heterocycles. The predicted octanol–water partition coefficient (Wildman–Crippen LogP) is 3.79. The van der Waals surface area contributed by atoms with Crippen molar-refractivity contribution >= 4 is 11.6 Å². The van der Waals surface area contributed by atoms with Gasteiger partial charge < -0.3 is 5.32 Å². The molecule has 0 aromatic carbocycles. The summed E-state index contributed by atoms with van der Waals surface area (Å²) in [5, 5.41) is 8.88. The standard InChI is InChI=1S/C14H24ClN3/c1-3-9-16-13(11-7-5-6-8-11)14-12(15)10-17-18(14)4-2/h10-11,13,16H,3-9H2,1-2H3. The maximum absolute atomic E-state index is 6.35. The van der Waals surface area contributed by atoms with Crippen molar-refractivity contribution in [3.05, 3.63) is 16.9 Å². The van der Waals surface area contributed by atoms with Crippen LogP contribution in [0.5, 0.6) is 0 Å². The van der Waals surface area contributed by atoms with E-state index >= 15 is 0 Å².